The van der Waals surface area contributed by atoms with Gasteiger partial charge in [-0.2, -0.15) is 0 Å². The van der Waals surface area contributed by atoms with Gasteiger partial charge >= 0.3 is 18.0 Å². The van der Waals surface area contributed by atoms with Crippen LogP contribution in [0.15, 0.2) is 18.2 Å². The van der Waals surface area contributed by atoms with Crippen molar-refractivity contribution in [2.24, 2.45) is 0 Å². The molecule has 1 aromatic carbocycles. The summed E-state index contributed by atoms with van der Waals surface area (Å²) in [5, 5.41) is 35.8. The Morgan fingerprint density at radius 2 is 1.87 bits per heavy atom. The first-order valence-electron chi connectivity index (χ1n) is 9.16. The summed E-state index contributed by atoms with van der Waals surface area (Å²) in [4.78, 5) is 32.8. The molecule has 0 fully saturated rings. The van der Waals surface area contributed by atoms with Gasteiger partial charge in [-0.05, 0) is 43.0 Å². The molecule has 10 heteroatoms. The lowest BCUT2D eigenvalue weighted by atomic mass is 10.1. The van der Waals surface area contributed by atoms with Gasteiger partial charge in [-0.15, -0.1) is 6.42 Å². The van der Waals surface area contributed by atoms with Crippen LogP contribution < -0.4 is 10.1 Å². The first-order chi connectivity index (χ1) is 14.1. The average Bonchev–Trinajstić information content (AvgIpc) is 3.12. The Hall–Kier alpha value is -3.13. The number of amides is 1. The molecule has 3 atom stereocenters. The zero-order valence-corrected chi connectivity index (χ0v) is 16.7. The Balaban J connectivity index is 0.000000382. The molecule has 164 valence electrons. The molecule has 1 aliphatic carbocycles. The summed E-state index contributed by atoms with van der Waals surface area (Å²) in [6.07, 6.45) is 2.48. The van der Waals surface area contributed by atoms with E-state index in [-0.39, 0.29) is 12.1 Å². The highest BCUT2D eigenvalue weighted by molar-refractivity contribution is 5.83. The summed E-state index contributed by atoms with van der Waals surface area (Å²) in [6, 6.07) is 6.08. The van der Waals surface area contributed by atoms with E-state index < -0.39 is 24.1 Å². The lowest BCUT2D eigenvalue weighted by Gasteiger charge is -2.16. The summed E-state index contributed by atoms with van der Waals surface area (Å²) >= 11 is 0. The first-order valence-corrected chi connectivity index (χ1v) is 9.16. The van der Waals surface area contributed by atoms with Crippen LogP contribution >= 0.6 is 0 Å². The van der Waals surface area contributed by atoms with Crippen LogP contribution in [0, 0.1) is 12.3 Å². The van der Waals surface area contributed by atoms with E-state index in [0.717, 1.165) is 12.8 Å². The van der Waals surface area contributed by atoms with Crippen LogP contribution in [0.1, 0.15) is 30.5 Å². The van der Waals surface area contributed by atoms with Gasteiger partial charge in [0.25, 0.3) is 0 Å². The summed E-state index contributed by atoms with van der Waals surface area (Å²) in [5.41, 5.74) is 2.48. The van der Waals surface area contributed by atoms with E-state index in [1.165, 1.54) is 16.0 Å². The van der Waals surface area contributed by atoms with Crippen molar-refractivity contribution in [2.45, 2.75) is 38.0 Å². The summed E-state index contributed by atoms with van der Waals surface area (Å²) in [7, 11) is 1.72. The Kier molecular flexibility index (Phi) is 9.77. The molecule has 10 nitrogen and oxygen atoms in total. The zero-order chi connectivity index (χ0) is 22.8. The van der Waals surface area contributed by atoms with Crippen molar-refractivity contribution >= 4 is 18.0 Å². The predicted octanol–water partition coefficient (Wildman–Crippen LogP) is 0.225. The maximum atomic E-state index is 11.8. The van der Waals surface area contributed by atoms with Gasteiger partial charge in [0.1, 0.15) is 5.75 Å². The van der Waals surface area contributed by atoms with Gasteiger partial charge in [-0.1, -0.05) is 12.0 Å². The number of hydrogen-bond donors (Lipinski definition) is 5. The number of carboxylic acids is 2. The summed E-state index contributed by atoms with van der Waals surface area (Å²) < 4.78 is 5.36. The number of nitrogens with zero attached hydrogens (tertiary/aromatic N) is 1. The van der Waals surface area contributed by atoms with Crippen molar-refractivity contribution in [3.63, 3.8) is 0 Å². The minimum atomic E-state index is -2.27. The van der Waals surface area contributed by atoms with E-state index in [1.807, 2.05) is 25.1 Å². The number of terminal acetylenes is 1. The third-order valence-corrected chi connectivity index (χ3v) is 4.44. The second-order valence-corrected chi connectivity index (χ2v) is 6.49. The van der Waals surface area contributed by atoms with Gasteiger partial charge in [0.2, 0.25) is 0 Å². The highest BCUT2D eigenvalue weighted by Crippen LogP contribution is 2.33. The van der Waals surface area contributed by atoms with E-state index in [9.17, 15) is 14.4 Å². The zero-order valence-electron chi connectivity index (χ0n) is 16.7. The quantitative estimate of drug-likeness (QED) is 0.388. The van der Waals surface area contributed by atoms with E-state index in [1.54, 1.807) is 7.05 Å². The van der Waals surface area contributed by atoms with Crippen molar-refractivity contribution in [1.29, 1.82) is 0 Å². The first kappa shape index (κ1) is 24.9. The third kappa shape index (κ3) is 7.04. The number of rotatable bonds is 7. The Labute approximate surface area is 174 Å². The molecule has 0 aliphatic heterocycles. The molecular formula is C20H26N2O8. The van der Waals surface area contributed by atoms with Gasteiger partial charge < -0.3 is 30.1 Å². The van der Waals surface area contributed by atoms with Crippen LogP contribution in [0.2, 0.25) is 0 Å². The van der Waals surface area contributed by atoms with Crippen LogP contribution in [0.4, 0.5) is 4.79 Å². The number of fused-ring (bicyclic) bond motifs is 1. The summed E-state index contributed by atoms with van der Waals surface area (Å²) in [5.74, 6) is -0.359. The lowest BCUT2D eigenvalue weighted by molar-refractivity contribution is -0.165. The number of carbonyl (C=O) groups excluding carboxylic acids is 1. The molecule has 30 heavy (non-hydrogen) atoms. The largest absolute Gasteiger partial charge is 0.479 e. The Bertz CT molecular complexity index is 786. The minimum absolute atomic E-state index is 0.253. The second kappa shape index (κ2) is 11.8. The number of carboxylic acid groups (broad SMARTS) is 2. The van der Waals surface area contributed by atoms with Gasteiger partial charge in [-0.25, -0.2) is 14.4 Å². The van der Waals surface area contributed by atoms with Gasteiger partial charge in [0, 0.05) is 19.6 Å². The summed E-state index contributed by atoms with van der Waals surface area (Å²) in [6.45, 7) is 3.08. The molecule has 0 saturated carbocycles. The molecule has 0 aromatic heterocycles. The van der Waals surface area contributed by atoms with Crippen LogP contribution in [0.25, 0.3) is 0 Å². The maximum absolute atomic E-state index is 11.8. The van der Waals surface area contributed by atoms with Crippen LogP contribution in [0.3, 0.4) is 0 Å². The second-order valence-electron chi connectivity index (χ2n) is 6.49. The SMILES string of the molecule is C#CCN[C@@H]1CCc2ccc(OC(=O)N(C)CC)cc21.O=C(O)[C@H](O)[C@@H](O)C(=O)O. The van der Waals surface area contributed by atoms with Gasteiger partial charge in [0.15, 0.2) is 12.2 Å². The van der Waals surface area contributed by atoms with Crippen molar-refractivity contribution in [2.75, 3.05) is 20.1 Å². The van der Waals surface area contributed by atoms with Crippen molar-refractivity contribution in [1.82, 2.24) is 10.2 Å². The van der Waals surface area contributed by atoms with Crippen LogP contribution in [-0.2, 0) is 16.0 Å². The fourth-order valence-corrected chi connectivity index (χ4v) is 2.62. The van der Waals surface area contributed by atoms with E-state index in [2.05, 4.69) is 11.2 Å². The number of nitrogens with one attached hydrogen (secondary N) is 1. The number of benzene rings is 1. The molecular weight excluding hydrogens is 396 g/mol. The Morgan fingerprint density at radius 3 is 2.37 bits per heavy atom. The predicted molar refractivity (Wildman–Crippen MR) is 106 cm³/mol. The molecule has 0 bridgehead atoms. The van der Waals surface area contributed by atoms with Crippen LogP contribution in [-0.4, -0.2) is 75.7 Å². The van der Waals surface area contributed by atoms with Crippen molar-refractivity contribution in [3.8, 4) is 18.1 Å². The number of aliphatic carboxylic acids is 2. The lowest BCUT2D eigenvalue weighted by Crippen LogP contribution is -2.39. The number of aliphatic hydroxyl groups is 2. The number of aryl methyl sites for hydroxylation is 1. The van der Waals surface area contributed by atoms with Gasteiger partial charge in [0.05, 0.1) is 6.54 Å². The van der Waals surface area contributed by atoms with E-state index in [0.29, 0.717) is 18.8 Å². The molecule has 1 aliphatic rings. The molecule has 0 radical (unpaired) electrons. The molecule has 1 amide bonds. The topological polar surface area (TPSA) is 157 Å². The number of ether oxygens (including phenoxy) is 1. The standard InChI is InChI=1S/C16H20N2O2.C4H6O6/c1-4-10-17-15-9-7-12-6-8-13(11-14(12)15)20-16(19)18(3)5-2;5-1(3(7)8)2(6)4(9)10/h1,6,8,11,15,17H,5,7,9-10H2,2-3H3;1-2,5-6H,(H,7,8)(H,9,10)/t15-;1-,2-/m11/s1. The van der Waals surface area contributed by atoms with Crippen LogP contribution in [0.5, 0.6) is 5.75 Å². The van der Waals surface area contributed by atoms with Crippen molar-refractivity contribution < 1.29 is 39.5 Å². The normalized spacial score (nSPS) is 16.2. The monoisotopic (exact) mass is 422 g/mol. The molecule has 2 rings (SSSR count). The molecule has 0 unspecified atom stereocenters. The number of aliphatic hydroxyl groups excluding tert-OH is 2. The molecule has 0 heterocycles. The molecule has 1 aromatic rings. The van der Waals surface area contributed by atoms with Gasteiger partial charge in [-0.3, -0.25) is 5.32 Å². The van der Waals surface area contributed by atoms with E-state index in [4.69, 9.17) is 31.6 Å². The Morgan fingerprint density at radius 1 is 1.27 bits per heavy atom. The number of hydrogen-bond acceptors (Lipinski definition) is 7. The molecule has 5 N–H and O–H groups in total. The highest BCUT2D eigenvalue weighted by Gasteiger charge is 2.29. The molecule has 0 saturated heterocycles. The maximum Gasteiger partial charge on any atom is 0.414 e. The number of carbonyl (C=O) groups is 3. The smallest absolute Gasteiger partial charge is 0.414 e. The fourth-order valence-electron chi connectivity index (χ4n) is 2.62. The van der Waals surface area contributed by atoms with Crippen molar-refractivity contribution in [3.05, 3.63) is 29.3 Å². The third-order valence-electron chi connectivity index (χ3n) is 4.44. The molecule has 0 spiro atoms. The fraction of sp³-hybridized carbons (Fsp3) is 0.450. The van der Waals surface area contributed by atoms with E-state index >= 15 is 0 Å². The minimum Gasteiger partial charge on any atom is -0.479 e. The highest BCUT2D eigenvalue weighted by atomic mass is 16.6. The average molecular weight is 422 g/mol.